The van der Waals surface area contributed by atoms with Gasteiger partial charge in [-0.2, -0.15) is 5.10 Å². The number of urea groups is 1. The molecule has 0 spiro atoms. The molecule has 11 heteroatoms. The van der Waals surface area contributed by atoms with Crippen LogP contribution in [0.15, 0.2) is 42.7 Å². The van der Waals surface area contributed by atoms with Crippen LogP contribution >= 0.6 is 0 Å². The second-order valence-corrected chi connectivity index (χ2v) is 14.2. The molecule has 248 valence electrons. The number of nitrogens with zero attached hydrogens (tertiary/aromatic N) is 5. The molecule has 2 bridgehead atoms. The highest BCUT2D eigenvalue weighted by Gasteiger charge is 2.42. The number of halogens is 2. The van der Waals surface area contributed by atoms with Crippen LogP contribution in [0.5, 0.6) is 0 Å². The summed E-state index contributed by atoms with van der Waals surface area (Å²) in [4.78, 5) is 31.8. The first-order valence-corrected chi connectivity index (χ1v) is 16.5. The van der Waals surface area contributed by atoms with Crippen LogP contribution in [0.25, 0.3) is 16.7 Å². The first kappa shape index (κ1) is 31.2. The van der Waals surface area contributed by atoms with Gasteiger partial charge in [-0.25, -0.2) is 18.4 Å². The zero-order valence-corrected chi connectivity index (χ0v) is 27.6. The maximum Gasteiger partial charge on any atom is 0.411 e. The van der Waals surface area contributed by atoms with E-state index in [1.54, 1.807) is 42.1 Å². The molecule has 1 N–H and O–H groups in total. The summed E-state index contributed by atoms with van der Waals surface area (Å²) in [5, 5.41) is 6.98. The summed E-state index contributed by atoms with van der Waals surface area (Å²) >= 11 is 0. The number of fused-ring (bicyclic) bond motifs is 4. The van der Waals surface area contributed by atoms with Crippen molar-refractivity contribution in [3.8, 4) is 11.1 Å². The average Bonchev–Trinajstić information content (AvgIpc) is 3.73. The highest BCUT2D eigenvalue weighted by Crippen LogP contribution is 2.46. The van der Waals surface area contributed by atoms with E-state index in [0.29, 0.717) is 37.2 Å². The summed E-state index contributed by atoms with van der Waals surface area (Å²) < 4.78 is 36.7. The molecule has 9 nitrogen and oxygen atoms in total. The first-order chi connectivity index (χ1) is 22.4. The number of hydrogen-bond acceptors (Lipinski definition) is 5. The zero-order valence-electron chi connectivity index (χ0n) is 27.6. The molecule has 0 saturated carbocycles. The molecule has 1 saturated heterocycles. The number of amides is 3. The van der Waals surface area contributed by atoms with E-state index in [4.69, 9.17) is 4.74 Å². The fourth-order valence-electron chi connectivity index (χ4n) is 7.75. The Morgan fingerprint density at radius 2 is 1.85 bits per heavy atom. The molecule has 47 heavy (non-hydrogen) atoms. The fourth-order valence-corrected chi connectivity index (χ4v) is 7.75. The van der Waals surface area contributed by atoms with Crippen molar-refractivity contribution in [2.45, 2.75) is 90.1 Å². The number of aromatic nitrogens is 2. The molecule has 2 unspecified atom stereocenters. The number of nitrogens with one attached hydrogen (secondary N) is 1. The summed E-state index contributed by atoms with van der Waals surface area (Å²) in [6.07, 6.45) is 6.80. The van der Waals surface area contributed by atoms with Gasteiger partial charge in [0.05, 0.1) is 18.8 Å². The van der Waals surface area contributed by atoms with E-state index in [0.717, 1.165) is 64.9 Å². The molecule has 0 aliphatic carbocycles. The van der Waals surface area contributed by atoms with E-state index in [-0.39, 0.29) is 29.8 Å². The second kappa shape index (κ2) is 11.7. The summed E-state index contributed by atoms with van der Waals surface area (Å²) in [6.45, 7) is 7.22. The normalized spacial score (nSPS) is 20.3. The average molecular weight is 645 g/mol. The van der Waals surface area contributed by atoms with Gasteiger partial charge < -0.3 is 19.9 Å². The molecule has 1 aromatic heterocycles. The minimum atomic E-state index is -2.66. The van der Waals surface area contributed by atoms with E-state index < -0.39 is 12.0 Å². The Morgan fingerprint density at radius 3 is 2.53 bits per heavy atom. The third kappa shape index (κ3) is 5.74. The predicted octanol–water partition coefficient (Wildman–Crippen LogP) is 7.32. The highest BCUT2D eigenvalue weighted by molar-refractivity contribution is 5.83. The minimum absolute atomic E-state index is 0.0164. The van der Waals surface area contributed by atoms with E-state index in [2.05, 4.69) is 33.5 Å². The molecular formula is C36H42F2N6O3. The number of carbonyl (C=O) groups is 2. The van der Waals surface area contributed by atoms with E-state index in [1.807, 2.05) is 31.7 Å². The third-order valence-electron chi connectivity index (χ3n) is 9.81. The number of carbonyl (C=O) groups excluding carboxylic acids is 2. The van der Waals surface area contributed by atoms with Gasteiger partial charge >= 0.3 is 12.1 Å². The van der Waals surface area contributed by atoms with Crippen molar-refractivity contribution in [1.82, 2.24) is 24.9 Å². The maximum absolute atomic E-state index is 14.6. The number of rotatable bonds is 4. The largest absolute Gasteiger partial charge is 0.444 e. The quantitative estimate of drug-likeness (QED) is 0.322. The number of benzene rings is 2. The van der Waals surface area contributed by atoms with Crippen molar-refractivity contribution in [2.24, 2.45) is 7.05 Å². The monoisotopic (exact) mass is 644 g/mol. The van der Waals surface area contributed by atoms with Crippen LogP contribution in [0.4, 0.5) is 29.7 Å². The van der Waals surface area contributed by atoms with Crippen LogP contribution in [-0.4, -0.2) is 63.0 Å². The fraction of sp³-hybridized carbons (Fsp3) is 0.472. The molecule has 1 fully saturated rings. The van der Waals surface area contributed by atoms with Gasteiger partial charge in [-0.15, -0.1) is 0 Å². The lowest BCUT2D eigenvalue weighted by atomic mass is 9.90. The molecular weight excluding hydrogens is 602 g/mol. The van der Waals surface area contributed by atoms with E-state index in [1.165, 1.54) is 0 Å². The minimum Gasteiger partial charge on any atom is -0.444 e. The van der Waals surface area contributed by atoms with Crippen molar-refractivity contribution in [2.75, 3.05) is 18.5 Å². The molecule has 2 atom stereocenters. The van der Waals surface area contributed by atoms with Gasteiger partial charge in [0.1, 0.15) is 5.60 Å². The van der Waals surface area contributed by atoms with Gasteiger partial charge in [0.25, 0.3) is 6.43 Å². The lowest BCUT2D eigenvalue weighted by Gasteiger charge is -2.36. The summed E-state index contributed by atoms with van der Waals surface area (Å²) in [7, 11) is 3.41. The molecule has 3 aromatic rings. The second-order valence-electron chi connectivity index (χ2n) is 14.2. The van der Waals surface area contributed by atoms with Crippen LogP contribution in [0.2, 0.25) is 0 Å². The summed E-state index contributed by atoms with van der Waals surface area (Å²) in [6, 6.07) is 7.76. The maximum atomic E-state index is 14.6. The van der Waals surface area contributed by atoms with Crippen LogP contribution in [0, 0.1) is 0 Å². The smallest absolute Gasteiger partial charge is 0.411 e. The van der Waals surface area contributed by atoms with Crippen LogP contribution in [-0.2, 0) is 31.3 Å². The van der Waals surface area contributed by atoms with Crippen molar-refractivity contribution in [3.63, 3.8) is 0 Å². The Kier molecular flexibility index (Phi) is 7.75. The van der Waals surface area contributed by atoms with Gasteiger partial charge in [0.2, 0.25) is 0 Å². The molecule has 5 heterocycles. The van der Waals surface area contributed by atoms with Gasteiger partial charge in [-0.05, 0) is 105 Å². The van der Waals surface area contributed by atoms with Crippen molar-refractivity contribution < 1.29 is 23.1 Å². The third-order valence-corrected chi connectivity index (χ3v) is 9.81. The number of aryl methyl sites for hydroxylation is 2. The van der Waals surface area contributed by atoms with Crippen molar-refractivity contribution in [1.29, 1.82) is 0 Å². The van der Waals surface area contributed by atoms with Gasteiger partial charge in [0.15, 0.2) is 0 Å². The number of ether oxygens (including phenoxy) is 1. The lowest BCUT2D eigenvalue weighted by molar-refractivity contribution is 0.0175. The lowest BCUT2D eigenvalue weighted by Crippen LogP contribution is -2.45. The molecule has 4 aliphatic heterocycles. The molecule has 0 radical (unpaired) electrons. The molecule has 3 amide bonds. The number of alkyl halides is 2. The highest BCUT2D eigenvalue weighted by atomic mass is 19.3. The van der Waals surface area contributed by atoms with Gasteiger partial charge in [-0.3, -0.25) is 9.58 Å². The number of anilines is 2. The van der Waals surface area contributed by atoms with Crippen LogP contribution < -0.4 is 10.2 Å². The Balaban J connectivity index is 1.31. The van der Waals surface area contributed by atoms with Gasteiger partial charge in [-0.1, -0.05) is 6.08 Å². The molecule has 2 aromatic carbocycles. The molecule has 7 rings (SSSR count). The van der Waals surface area contributed by atoms with E-state index in [9.17, 15) is 18.4 Å². The topological polar surface area (TPSA) is 82.9 Å². The van der Waals surface area contributed by atoms with Crippen LogP contribution in [0.1, 0.15) is 80.7 Å². The standard InChI is InChI=1S/C36H42F2N6O3/c1-36(2,3)47-35(46)44-26-8-9-27(44)13-23(12-26)22-11-24-19-42(34(45)39-4)20-30(24)32(15-22)43-10-6-7-21-14-28(25-17-40-41(5)18-25)29(33(37)38)16-31(21)43/h11-12,14-18,26-27,33H,6-10,13,19-20H2,1-5H3,(H,39,45). The van der Waals surface area contributed by atoms with Crippen LogP contribution in [0.3, 0.4) is 0 Å². The van der Waals surface area contributed by atoms with Gasteiger partial charge in [0, 0.05) is 67.5 Å². The first-order valence-electron chi connectivity index (χ1n) is 16.5. The molecule has 4 aliphatic rings. The zero-order chi connectivity index (χ0) is 33.2. The number of hydrogen-bond donors (Lipinski definition) is 1. The summed E-state index contributed by atoms with van der Waals surface area (Å²) in [5.74, 6) is 0. The van der Waals surface area contributed by atoms with Crippen molar-refractivity contribution in [3.05, 3.63) is 70.6 Å². The Morgan fingerprint density at radius 1 is 1.04 bits per heavy atom. The van der Waals surface area contributed by atoms with Crippen molar-refractivity contribution >= 4 is 29.1 Å². The Hall–Kier alpha value is -4.41. The predicted molar refractivity (Wildman–Crippen MR) is 177 cm³/mol. The Bertz CT molecular complexity index is 1780. The Labute approximate surface area is 274 Å². The van der Waals surface area contributed by atoms with E-state index >= 15 is 0 Å². The summed E-state index contributed by atoms with van der Waals surface area (Å²) in [5.41, 5.74) is 7.64. The SMILES string of the molecule is CNC(=O)N1Cc2cc(C3=CC4CCC(C3)N4C(=O)OC(C)(C)C)cc(N3CCCc4cc(-c5cnn(C)c5)c(C(F)F)cc43)c2C1.